The smallest absolute Gasteiger partial charge is 0.148 e. The van der Waals surface area contributed by atoms with Gasteiger partial charge in [-0.3, -0.25) is 0 Å². The number of halogens is 2. The Labute approximate surface area is 143 Å². The minimum atomic E-state index is 0.178. The molecular weight excluding hydrogens is 398 g/mol. The van der Waals surface area contributed by atoms with E-state index in [-0.39, 0.29) is 6.10 Å². The quantitative estimate of drug-likeness (QED) is 0.524. The van der Waals surface area contributed by atoms with E-state index in [1.165, 1.54) is 12.0 Å². The van der Waals surface area contributed by atoms with Crippen LogP contribution in [0.4, 0.5) is 0 Å². The van der Waals surface area contributed by atoms with Gasteiger partial charge in [0.15, 0.2) is 0 Å². The third-order valence-corrected chi connectivity index (χ3v) is 4.53. The molecule has 0 radical (unpaired) electrons. The van der Waals surface area contributed by atoms with Gasteiger partial charge in [0.2, 0.25) is 0 Å². The highest BCUT2D eigenvalue weighted by molar-refractivity contribution is 9.11. The van der Waals surface area contributed by atoms with Crippen molar-refractivity contribution >= 4 is 31.9 Å². The molecule has 1 aliphatic rings. The Balaban J connectivity index is 1.99. The van der Waals surface area contributed by atoms with Gasteiger partial charge in [-0.05, 0) is 74.9 Å². The average Bonchev–Trinajstić information content (AvgIpc) is 2.48. The fourth-order valence-corrected chi connectivity index (χ4v) is 3.73. The lowest BCUT2D eigenvalue weighted by Crippen LogP contribution is -2.19. The standard InChI is InChI=1S/C16H21Br2NO2/c1-20-8-7-19-11-12-9-14(17)16(15(18)10-12)21-13-5-3-2-4-6-13/h3,5,9-10,13,19H,2,4,6-8,11H2,1H3. The number of rotatable bonds is 7. The van der Waals surface area contributed by atoms with Crippen molar-refractivity contribution in [2.24, 2.45) is 0 Å². The first kappa shape index (κ1) is 17.0. The van der Waals surface area contributed by atoms with Crippen LogP contribution in [-0.2, 0) is 11.3 Å². The van der Waals surface area contributed by atoms with Gasteiger partial charge in [-0.1, -0.05) is 6.08 Å². The summed E-state index contributed by atoms with van der Waals surface area (Å²) in [4.78, 5) is 0. The molecule has 1 unspecified atom stereocenters. The molecule has 0 saturated carbocycles. The molecule has 0 spiro atoms. The van der Waals surface area contributed by atoms with Crippen LogP contribution in [0, 0.1) is 0 Å². The molecule has 2 rings (SSSR count). The number of hydrogen-bond acceptors (Lipinski definition) is 3. The molecule has 0 amide bonds. The lowest BCUT2D eigenvalue weighted by Gasteiger charge is -2.21. The maximum atomic E-state index is 6.09. The summed E-state index contributed by atoms with van der Waals surface area (Å²) in [6.45, 7) is 2.37. The molecule has 0 aliphatic heterocycles. The first-order valence-corrected chi connectivity index (χ1v) is 8.80. The second kappa shape index (κ2) is 8.93. The van der Waals surface area contributed by atoms with E-state index in [9.17, 15) is 0 Å². The van der Waals surface area contributed by atoms with Gasteiger partial charge in [-0.2, -0.15) is 0 Å². The van der Waals surface area contributed by atoms with Gasteiger partial charge in [0.1, 0.15) is 11.9 Å². The summed E-state index contributed by atoms with van der Waals surface area (Å²) in [5.41, 5.74) is 1.20. The summed E-state index contributed by atoms with van der Waals surface area (Å²) in [5.74, 6) is 0.882. The maximum Gasteiger partial charge on any atom is 0.148 e. The molecule has 1 aliphatic carbocycles. The van der Waals surface area contributed by atoms with Crippen LogP contribution in [-0.4, -0.2) is 26.4 Å². The van der Waals surface area contributed by atoms with Crippen molar-refractivity contribution in [1.29, 1.82) is 0 Å². The highest BCUT2D eigenvalue weighted by atomic mass is 79.9. The van der Waals surface area contributed by atoms with Gasteiger partial charge < -0.3 is 14.8 Å². The minimum absolute atomic E-state index is 0.178. The third-order valence-electron chi connectivity index (χ3n) is 3.35. The minimum Gasteiger partial charge on any atom is -0.484 e. The number of methoxy groups -OCH3 is 1. The third kappa shape index (κ3) is 5.40. The molecule has 0 fully saturated rings. The molecule has 0 bridgehead atoms. The molecule has 1 aromatic carbocycles. The summed E-state index contributed by atoms with van der Waals surface area (Å²) in [6, 6.07) is 4.21. The number of hydrogen-bond donors (Lipinski definition) is 1. The van der Waals surface area contributed by atoms with E-state index in [4.69, 9.17) is 9.47 Å². The van der Waals surface area contributed by atoms with Crippen LogP contribution in [0.15, 0.2) is 33.2 Å². The lowest BCUT2D eigenvalue weighted by atomic mass is 10.1. The Bertz CT molecular complexity index is 468. The van der Waals surface area contributed by atoms with Crippen molar-refractivity contribution in [2.45, 2.75) is 31.9 Å². The van der Waals surface area contributed by atoms with Gasteiger partial charge in [-0.25, -0.2) is 0 Å². The first-order chi connectivity index (χ1) is 10.2. The lowest BCUT2D eigenvalue weighted by molar-refractivity contribution is 0.199. The van der Waals surface area contributed by atoms with E-state index in [2.05, 4.69) is 61.5 Å². The fraction of sp³-hybridized carbons (Fsp3) is 0.500. The van der Waals surface area contributed by atoms with Crippen LogP contribution >= 0.6 is 31.9 Å². The summed E-state index contributed by atoms with van der Waals surface area (Å²) in [5, 5.41) is 3.34. The zero-order valence-corrected chi connectivity index (χ0v) is 15.4. The Morgan fingerprint density at radius 3 is 2.67 bits per heavy atom. The predicted octanol–water partition coefficient (Wildman–Crippen LogP) is 4.44. The summed E-state index contributed by atoms with van der Waals surface area (Å²) in [7, 11) is 1.71. The van der Waals surface area contributed by atoms with E-state index in [1.54, 1.807) is 7.11 Å². The molecule has 1 N–H and O–H groups in total. The van der Waals surface area contributed by atoms with Gasteiger partial charge >= 0.3 is 0 Å². The molecule has 0 saturated heterocycles. The average molecular weight is 419 g/mol. The molecule has 116 valence electrons. The Morgan fingerprint density at radius 1 is 1.29 bits per heavy atom. The second-order valence-corrected chi connectivity index (χ2v) is 6.78. The second-order valence-electron chi connectivity index (χ2n) is 5.07. The van der Waals surface area contributed by atoms with Crippen LogP contribution in [0.25, 0.3) is 0 Å². The Morgan fingerprint density at radius 2 is 2.05 bits per heavy atom. The van der Waals surface area contributed by atoms with E-state index in [0.29, 0.717) is 0 Å². The van der Waals surface area contributed by atoms with Crippen LogP contribution in [0.1, 0.15) is 24.8 Å². The van der Waals surface area contributed by atoms with E-state index in [1.807, 2.05) is 0 Å². The summed E-state index contributed by atoms with van der Waals surface area (Å²) < 4.78 is 13.1. The molecular formula is C16H21Br2NO2. The molecule has 1 aromatic rings. The molecule has 3 nitrogen and oxygen atoms in total. The van der Waals surface area contributed by atoms with Crippen LogP contribution in [0.3, 0.4) is 0 Å². The van der Waals surface area contributed by atoms with E-state index >= 15 is 0 Å². The topological polar surface area (TPSA) is 30.5 Å². The first-order valence-electron chi connectivity index (χ1n) is 7.21. The largest absolute Gasteiger partial charge is 0.484 e. The maximum absolute atomic E-state index is 6.09. The number of benzene rings is 1. The molecule has 0 aromatic heterocycles. The zero-order valence-electron chi connectivity index (χ0n) is 12.2. The molecule has 0 heterocycles. The highest BCUT2D eigenvalue weighted by Gasteiger charge is 2.15. The van der Waals surface area contributed by atoms with Crippen molar-refractivity contribution in [3.63, 3.8) is 0 Å². The zero-order chi connectivity index (χ0) is 15.1. The van der Waals surface area contributed by atoms with Crippen LogP contribution in [0.5, 0.6) is 5.75 Å². The van der Waals surface area contributed by atoms with E-state index in [0.717, 1.165) is 47.2 Å². The van der Waals surface area contributed by atoms with Crippen LogP contribution in [0.2, 0.25) is 0 Å². The highest BCUT2D eigenvalue weighted by Crippen LogP contribution is 2.36. The van der Waals surface area contributed by atoms with Gasteiger partial charge in [0, 0.05) is 20.2 Å². The fourth-order valence-electron chi connectivity index (χ4n) is 2.26. The van der Waals surface area contributed by atoms with Crippen molar-refractivity contribution < 1.29 is 9.47 Å². The van der Waals surface area contributed by atoms with Crippen molar-refractivity contribution in [2.75, 3.05) is 20.3 Å². The predicted molar refractivity (Wildman–Crippen MR) is 92.8 cm³/mol. The van der Waals surface area contributed by atoms with Crippen molar-refractivity contribution in [3.8, 4) is 5.75 Å². The summed E-state index contributed by atoms with van der Waals surface area (Å²) >= 11 is 7.23. The number of allylic oxidation sites excluding steroid dienone is 1. The van der Waals surface area contributed by atoms with Crippen LogP contribution < -0.4 is 10.1 Å². The van der Waals surface area contributed by atoms with E-state index < -0.39 is 0 Å². The van der Waals surface area contributed by atoms with Gasteiger partial charge in [0.05, 0.1) is 15.6 Å². The Hall–Kier alpha value is -0.360. The normalized spacial score (nSPS) is 18.0. The molecule has 5 heteroatoms. The van der Waals surface area contributed by atoms with Gasteiger partial charge in [0.25, 0.3) is 0 Å². The molecule has 1 atom stereocenters. The monoisotopic (exact) mass is 417 g/mol. The van der Waals surface area contributed by atoms with Crippen molar-refractivity contribution in [3.05, 3.63) is 38.8 Å². The SMILES string of the molecule is COCCNCc1cc(Br)c(OC2C=CCCC2)c(Br)c1. The summed E-state index contributed by atoms with van der Waals surface area (Å²) in [6.07, 6.45) is 7.96. The number of nitrogens with one attached hydrogen (secondary N) is 1. The van der Waals surface area contributed by atoms with Crippen molar-refractivity contribution in [1.82, 2.24) is 5.32 Å². The molecule has 21 heavy (non-hydrogen) atoms. The van der Waals surface area contributed by atoms with Gasteiger partial charge in [-0.15, -0.1) is 0 Å². The Kier molecular flexibility index (Phi) is 7.23. The number of ether oxygens (including phenoxy) is 2.